The van der Waals surface area contributed by atoms with Gasteiger partial charge in [-0.15, -0.1) is 11.3 Å². The molecule has 0 spiro atoms. The van der Waals surface area contributed by atoms with Gasteiger partial charge in [-0.2, -0.15) is 0 Å². The van der Waals surface area contributed by atoms with Gasteiger partial charge in [0, 0.05) is 37.2 Å². The molecular weight excluding hydrogens is 719 g/mol. The Kier molecular flexibility index (Phi) is 8.42. The van der Waals surface area contributed by atoms with Gasteiger partial charge in [-0.3, -0.25) is 0 Å². The predicted molar refractivity (Wildman–Crippen MR) is 251 cm³/mol. The molecule has 0 saturated heterocycles. The van der Waals surface area contributed by atoms with Crippen LogP contribution < -0.4 is 4.90 Å². The molecule has 0 radical (unpaired) electrons. The summed E-state index contributed by atoms with van der Waals surface area (Å²) in [6.45, 7) is 0. The standard InChI is InChI=1S/C56H37NS/c1-3-13-38(14-4-1)43-19-11-21-47(34-43)57(46-29-27-40(28-30-46)44-26-25-39-15-7-8-18-42(39)33-44)48-31-32-50(52(36-48)41-16-5-2-6-17-41)49-23-12-20-45-35-54-51-22-9-10-24-55(51)58-56(54)37-53(45)49/h1-37H. The van der Waals surface area contributed by atoms with Gasteiger partial charge in [-0.1, -0.05) is 164 Å². The molecule has 0 N–H and O–H groups in total. The highest BCUT2D eigenvalue weighted by atomic mass is 32.1. The van der Waals surface area contributed by atoms with E-state index >= 15 is 0 Å². The van der Waals surface area contributed by atoms with Crippen molar-refractivity contribution in [1.29, 1.82) is 0 Å². The molecule has 0 aliphatic heterocycles. The van der Waals surface area contributed by atoms with Crippen molar-refractivity contribution in [3.8, 4) is 44.5 Å². The van der Waals surface area contributed by atoms with Gasteiger partial charge < -0.3 is 4.90 Å². The summed E-state index contributed by atoms with van der Waals surface area (Å²) in [7, 11) is 0. The van der Waals surface area contributed by atoms with Crippen LogP contribution in [0.15, 0.2) is 224 Å². The molecule has 2 heteroatoms. The van der Waals surface area contributed by atoms with Crippen LogP contribution in [0, 0.1) is 0 Å². The predicted octanol–water partition coefficient (Wildman–Crippen LogP) is 16.5. The van der Waals surface area contributed by atoms with Gasteiger partial charge in [0.1, 0.15) is 0 Å². The lowest BCUT2D eigenvalue weighted by Gasteiger charge is -2.27. The Balaban J connectivity index is 1.08. The van der Waals surface area contributed by atoms with E-state index in [-0.39, 0.29) is 0 Å². The molecule has 0 bridgehead atoms. The summed E-state index contributed by atoms with van der Waals surface area (Å²) < 4.78 is 2.64. The lowest BCUT2D eigenvalue weighted by molar-refractivity contribution is 1.28. The lowest BCUT2D eigenvalue weighted by atomic mass is 9.90. The summed E-state index contributed by atoms with van der Waals surface area (Å²) in [5.41, 5.74) is 12.9. The molecule has 1 nitrogen and oxygen atoms in total. The van der Waals surface area contributed by atoms with Crippen molar-refractivity contribution in [3.63, 3.8) is 0 Å². The monoisotopic (exact) mass is 755 g/mol. The zero-order chi connectivity index (χ0) is 38.4. The van der Waals surface area contributed by atoms with E-state index in [4.69, 9.17) is 0 Å². The molecule has 0 aliphatic rings. The molecule has 1 aromatic heterocycles. The number of fused-ring (bicyclic) bond motifs is 5. The molecule has 1 heterocycles. The van der Waals surface area contributed by atoms with Crippen molar-refractivity contribution < 1.29 is 0 Å². The SMILES string of the molecule is c1ccc(-c2cccc(N(c3ccc(-c4ccc5ccccc5c4)cc3)c3ccc(-c4cccc5cc6c(cc45)sc4ccccc46)c(-c4ccccc4)c3)c2)cc1. The first-order chi connectivity index (χ1) is 28.7. The van der Waals surface area contributed by atoms with Crippen LogP contribution in [-0.2, 0) is 0 Å². The van der Waals surface area contributed by atoms with E-state index in [1.165, 1.54) is 86.2 Å². The first-order valence-corrected chi connectivity index (χ1v) is 20.6. The Hall–Kier alpha value is -7.26. The van der Waals surface area contributed by atoms with Crippen LogP contribution in [0.25, 0.3) is 86.2 Å². The van der Waals surface area contributed by atoms with Crippen LogP contribution >= 0.6 is 11.3 Å². The van der Waals surface area contributed by atoms with Crippen molar-refractivity contribution in [1.82, 2.24) is 0 Å². The fourth-order valence-electron chi connectivity index (χ4n) is 8.57. The largest absolute Gasteiger partial charge is 0.310 e. The molecule has 0 fully saturated rings. The van der Waals surface area contributed by atoms with Crippen LogP contribution in [0.2, 0.25) is 0 Å². The Bertz CT molecular complexity index is 3270. The van der Waals surface area contributed by atoms with Gasteiger partial charge in [0.2, 0.25) is 0 Å². The van der Waals surface area contributed by atoms with E-state index in [1.54, 1.807) is 0 Å². The van der Waals surface area contributed by atoms with E-state index in [0.29, 0.717) is 0 Å². The highest BCUT2D eigenvalue weighted by molar-refractivity contribution is 7.25. The van der Waals surface area contributed by atoms with Crippen molar-refractivity contribution in [3.05, 3.63) is 224 Å². The second kappa shape index (κ2) is 14.4. The first-order valence-electron chi connectivity index (χ1n) is 19.8. The maximum absolute atomic E-state index is 2.41. The normalized spacial score (nSPS) is 11.4. The second-order valence-electron chi connectivity index (χ2n) is 14.9. The average Bonchev–Trinajstić information content (AvgIpc) is 3.66. The highest BCUT2D eigenvalue weighted by Gasteiger charge is 2.19. The fraction of sp³-hybridized carbons (Fsp3) is 0. The van der Waals surface area contributed by atoms with Crippen LogP contribution in [0.4, 0.5) is 17.1 Å². The fourth-order valence-corrected chi connectivity index (χ4v) is 9.70. The van der Waals surface area contributed by atoms with E-state index in [9.17, 15) is 0 Å². The summed E-state index contributed by atoms with van der Waals surface area (Å²) in [5, 5.41) is 7.67. The summed E-state index contributed by atoms with van der Waals surface area (Å²) in [6, 6.07) is 82.0. The van der Waals surface area contributed by atoms with Crippen LogP contribution in [0.5, 0.6) is 0 Å². The van der Waals surface area contributed by atoms with Gasteiger partial charge in [-0.25, -0.2) is 0 Å². The molecule has 0 amide bonds. The number of benzene rings is 10. The van der Waals surface area contributed by atoms with E-state index in [2.05, 4.69) is 229 Å². The molecule has 0 unspecified atom stereocenters. The molecule has 11 rings (SSSR count). The quantitative estimate of drug-likeness (QED) is 0.157. The minimum atomic E-state index is 1.10. The Morgan fingerprint density at radius 1 is 0.259 bits per heavy atom. The van der Waals surface area contributed by atoms with E-state index < -0.39 is 0 Å². The number of hydrogen-bond acceptors (Lipinski definition) is 2. The third-order valence-corrected chi connectivity index (χ3v) is 12.6. The second-order valence-corrected chi connectivity index (χ2v) is 16.0. The van der Waals surface area contributed by atoms with Gasteiger partial charge in [0.25, 0.3) is 0 Å². The average molecular weight is 756 g/mol. The van der Waals surface area contributed by atoms with Gasteiger partial charge in [0.15, 0.2) is 0 Å². The Morgan fingerprint density at radius 3 is 1.72 bits per heavy atom. The van der Waals surface area contributed by atoms with E-state index in [0.717, 1.165) is 17.1 Å². The van der Waals surface area contributed by atoms with E-state index in [1.807, 2.05) is 11.3 Å². The van der Waals surface area contributed by atoms with Crippen molar-refractivity contribution in [2.45, 2.75) is 0 Å². The molecule has 0 saturated carbocycles. The van der Waals surface area contributed by atoms with Crippen LogP contribution in [0.1, 0.15) is 0 Å². The van der Waals surface area contributed by atoms with Gasteiger partial charge in [-0.05, 0) is 127 Å². The highest BCUT2D eigenvalue weighted by Crippen LogP contribution is 2.45. The maximum Gasteiger partial charge on any atom is 0.0468 e. The van der Waals surface area contributed by atoms with Gasteiger partial charge in [0.05, 0.1) is 0 Å². The molecule has 272 valence electrons. The number of thiophene rings is 1. The number of hydrogen-bond donors (Lipinski definition) is 0. The molecule has 11 aromatic rings. The Morgan fingerprint density at radius 2 is 0.879 bits per heavy atom. The number of nitrogens with zero attached hydrogens (tertiary/aromatic N) is 1. The number of anilines is 3. The molecule has 0 aliphatic carbocycles. The summed E-state index contributed by atoms with van der Waals surface area (Å²) >= 11 is 1.88. The van der Waals surface area contributed by atoms with Crippen molar-refractivity contribution >= 4 is 70.1 Å². The minimum absolute atomic E-state index is 1.10. The third kappa shape index (κ3) is 6.12. The summed E-state index contributed by atoms with van der Waals surface area (Å²) in [6.07, 6.45) is 0. The molecule has 58 heavy (non-hydrogen) atoms. The van der Waals surface area contributed by atoms with Gasteiger partial charge >= 0.3 is 0 Å². The molecular formula is C56H37NS. The zero-order valence-corrected chi connectivity index (χ0v) is 32.5. The minimum Gasteiger partial charge on any atom is -0.310 e. The maximum atomic E-state index is 2.41. The van der Waals surface area contributed by atoms with Crippen molar-refractivity contribution in [2.75, 3.05) is 4.90 Å². The number of rotatable bonds is 7. The molecule has 0 atom stereocenters. The first kappa shape index (κ1) is 34.0. The summed E-state index contributed by atoms with van der Waals surface area (Å²) in [4.78, 5) is 2.40. The topological polar surface area (TPSA) is 3.24 Å². The summed E-state index contributed by atoms with van der Waals surface area (Å²) in [5.74, 6) is 0. The third-order valence-electron chi connectivity index (χ3n) is 11.4. The van der Waals surface area contributed by atoms with Crippen LogP contribution in [-0.4, -0.2) is 0 Å². The smallest absolute Gasteiger partial charge is 0.0468 e. The zero-order valence-electron chi connectivity index (χ0n) is 31.7. The Labute approximate surface area is 342 Å². The van der Waals surface area contributed by atoms with Crippen LogP contribution in [0.3, 0.4) is 0 Å². The van der Waals surface area contributed by atoms with Crippen molar-refractivity contribution in [2.24, 2.45) is 0 Å². The lowest BCUT2D eigenvalue weighted by Crippen LogP contribution is -2.10. The molecule has 10 aromatic carbocycles.